The Morgan fingerprint density at radius 1 is 1.13 bits per heavy atom. The van der Waals surface area contributed by atoms with Crippen LogP contribution >= 0.6 is 0 Å². The molecule has 7 nitrogen and oxygen atoms in total. The van der Waals surface area contributed by atoms with E-state index in [9.17, 15) is 9.59 Å². The van der Waals surface area contributed by atoms with E-state index in [4.69, 9.17) is 18.9 Å². The summed E-state index contributed by atoms with van der Waals surface area (Å²) in [4.78, 5) is 30.7. The molecule has 1 aliphatic heterocycles. The molecule has 3 rings (SSSR count). The van der Waals surface area contributed by atoms with Crippen molar-refractivity contribution in [2.75, 3.05) is 33.5 Å². The Balaban J connectivity index is 2.02. The summed E-state index contributed by atoms with van der Waals surface area (Å²) in [7, 11) is 1.57. The Hall–Kier alpha value is -2.67. The molecule has 0 N–H and O–H groups in total. The number of esters is 1. The summed E-state index contributed by atoms with van der Waals surface area (Å²) in [5.74, 6) is -0.316. The van der Waals surface area contributed by atoms with E-state index in [0.717, 1.165) is 24.1 Å². The van der Waals surface area contributed by atoms with Crippen molar-refractivity contribution in [3.05, 3.63) is 35.0 Å². The minimum absolute atomic E-state index is 0.0440. The smallest absolute Gasteiger partial charge is 0.315 e. The van der Waals surface area contributed by atoms with Gasteiger partial charge in [0, 0.05) is 35.9 Å². The second-order valence-corrected chi connectivity index (χ2v) is 7.55. The van der Waals surface area contributed by atoms with E-state index in [1.807, 2.05) is 39.0 Å². The number of hydrogen-bond donors (Lipinski definition) is 0. The fourth-order valence-electron chi connectivity index (χ4n) is 4.26. The number of hydrogen-bond acceptors (Lipinski definition) is 7. The van der Waals surface area contributed by atoms with Crippen LogP contribution in [0.4, 0.5) is 0 Å². The molecule has 168 valence electrons. The number of benzene rings is 1. The highest BCUT2D eigenvalue weighted by molar-refractivity contribution is 6.08. The van der Waals surface area contributed by atoms with Gasteiger partial charge in [-0.25, -0.2) is 0 Å². The molecule has 0 aromatic heterocycles. The van der Waals surface area contributed by atoms with Crippen molar-refractivity contribution < 1.29 is 28.5 Å². The van der Waals surface area contributed by atoms with Gasteiger partial charge in [-0.15, -0.1) is 0 Å². The van der Waals surface area contributed by atoms with Gasteiger partial charge in [-0.2, -0.15) is 0 Å². The molecule has 0 bridgehead atoms. The van der Waals surface area contributed by atoms with Crippen molar-refractivity contribution in [1.29, 1.82) is 0 Å². The van der Waals surface area contributed by atoms with E-state index in [1.54, 1.807) is 7.11 Å². The molecule has 1 aromatic rings. The van der Waals surface area contributed by atoms with Gasteiger partial charge in [-0.1, -0.05) is 6.07 Å². The van der Waals surface area contributed by atoms with Gasteiger partial charge in [0.05, 0.1) is 20.3 Å². The molecule has 0 fully saturated rings. The third-order valence-electron chi connectivity index (χ3n) is 5.61. The first-order valence-electron chi connectivity index (χ1n) is 10.9. The maximum Gasteiger partial charge on any atom is 0.315 e. The van der Waals surface area contributed by atoms with Crippen molar-refractivity contribution in [2.45, 2.75) is 46.0 Å². The number of rotatable bonds is 9. The third kappa shape index (κ3) is 4.98. The van der Waals surface area contributed by atoms with Crippen LogP contribution in [-0.4, -0.2) is 51.0 Å². The van der Waals surface area contributed by atoms with Crippen LogP contribution in [-0.2, 0) is 19.1 Å². The fourth-order valence-corrected chi connectivity index (χ4v) is 4.26. The van der Waals surface area contributed by atoms with E-state index in [1.165, 1.54) is 0 Å². The third-order valence-corrected chi connectivity index (χ3v) is 5.61. The predicted molar refractivity (Wildman–Crippen MR) is 117 cm³/mol. The normalized spacial score (nSPS) is 20.8. The van der Waals surface area contributed by atoms with Crippen molar-refractivity contribution in [3.63, 3.8) is 0 Å². The molecule has 2 atom stereocenters. The van der Waals surface area contributed by atoms with Gasteiger partial charge < -0.3 is 18.9 Å². The zero-order valence-corrected chi connectivity index (χ0v) is 18.7. The topological polar surface area (TPSA) is 83.4 Å². The fraction of sp³-hybridized carbons (Fsp3) is 0.542. The second-order valence-electron chi connectivity index (χ2n) is 7.55. The SMILES string of the molecule is CCOCCOC(=O)C1C(C)=NC2=C(C(=O)CCC2)[C@@H]1c1ccc(OCC)c(OC)c1. The van der Waals surface area contributed by atoms with E-state index in [0.29, 0.717) is 49.0 Å². The molecule has 1 aliphatic carbocycles. The number of carbonyl (C=O) groups excluding carboxylic acids is 2. The van der Waals surface area contributed by atoms with Crippen LogP contribution in [0.3, 0.4) is 0 Å². The van der Waals surface area contributed by atoms with Crippen molar-refractivity contribution >= 4 is 17.5 Å². The van der Waals surface area contributed by atoms with E-state index >= 15 is 0 Å². The Bertz CT molecular complexity index is 888. The van der Waals surface area contributed by atoms with Crippen molar-refractivity contribution in [3.8, 4) is 11.5 Å². The van der Waals surface area contributed by atoms with E-state index in [-0.39, 0.29) is 12.4 Å². The number of methoxy groups -OCH3 is 1. The summed E-state index contributed by atoms with van der Waals surface area (Å²) in [5.41, 5.74) is 2.87. The van der Waals surface area contributed by atoms with Gasteiger partial charge in [0.2, 0.25) is 0 Å². The lowest BCUT2D eigenvalue weighted by Gasteiger charge is -2.34. The summed E-state index contributed by atoms with van der Waals surface area (Å²) in [6.45, 7) is 7.18. The summed E-state index contributed by atoms with van der Waals surface area (Å²) < 4.78 is 21.9. The van der Waals surface area contributed by atoms with Crippen LogP contribution in [0.1, 0.15) is 51.5 Å². The average molecular weight is 430 g/mol. The monoisotopic (exact) mass is 429 g/mol. The largest absolute Gasteiger partial charge is 0.493 e. The van der Waals surface area contributed by atoms with E-state index < -0.39 is 17.8 Å². The molecule has 0 saturated heterocycles. The molecule has 0 spiro atoms. The van der Waals surface area contributed by atoms with Crippen LogP contribution in [0.25, 0.3) is 0 Å². The predicted octanol–water partition coefficient (Wildman–Crippen LogP) is 3.86. The lowest BCUT2D eigenvalue weighted by molar-refractivity contribution is -0.148. The first-order valence-corrected chi connectivity index (χ1v) is 10.9. The standard InChI is InChI=1S/C24H31NO6/c1-5-29-12-13-31-24(27)21-15(3)25-17-8-7-9-18(26)23(17)22(21)16-10-11-19(30-6-2)20(14-16)28-4/h10-11,14,21-22H,5-9,12-13H2,1-4H3/t21?,22-/m1/s1. The molecule has 0 amide bonds. The molecule has 1 aromatic carbocycles. The number of nitrogens with zero attached hydrogens (tertiary/aromatic N) is 1. The lowest BCUT2D eigenvalue weighted by Crippen LogP contribution is -2.37. The Morgan fingerprint density at radius 2 is 1.94 bits per heavy atom. The first-order chi connectivity index (χ1) is 15.0. The van der Waals surface area contributed by atoms with Crippen LogP contribution in [0, 0.1) is 5.92 Å². The van der Waals surface area contributed by atoms with Crippen molar-refractivity contribution in [1.82, 2.24) is 0 Å². The van der Waals surface area contributed by atoms with Gasteiger partial charge in [0.25, 0.3) is 0 Å². The van der Waals surface area contributed by atoms with Gasteiger partial charge in [-0.05, 0) is 51.3 Å². The number of ketones is 1. The van der Waals surface area contributed by atoms with Crippen LogP contribution in [0.5, 0.6) is 11.5 Å². The molecular formula is C24H31NO6. The average Bonchev–Trinajstić information content (AvgIpc) is 2.76. The zero-order valence-electron chi connectivity index (χ0n) is 18.7. The summed E-state index contributed by atoms with van der Waals surface area (Å²) in [6.07, 6.45) is 1.97. The quantitative estimate of drug-likeness (QED) is 0.438. The van der Waals surface area contributed by atoms with Crippen LogP contribution < -0.4 is 9.47 Å². The molecule has 0 radical (unpaired) electrons. The first kappa shape index (κ1) is 23.0. The Kier molecular flexibility index (Phi) is 7.85. The minimum atomic E-state index is -0.676. The summed E-state index contributed by atoms with van der Waals surface area (Å²) >= 11 is 0. The molecule has 0 saturated carbocycles. The summed E-state index contributed by atoms with van der Waals surface area (Å²) in [5, 5.41) is 0. The number of allylic oxidation sites excluding steroid dienone is 2. The van der Waals surface area contributed by atoms with Gasteiger partial charge >= 0.3 is 5.97 Å². The van der Waals surface area contributed by atoms with Gasteiger partial charge in [0.15, 0.2) is 17.3 Å². The molecule has 2 aliphatic rings. The van der Waals surface area contributed by atoms with Gasteiger partial charge in [0.1, 0.15) is 12.5 Å². The Morgan fingerprint density at radius 3 is 2.65 bits per heavy atom. The van der Waals surface area contributed by atoms with Crippen LogP contribution in [0.15, 0.2) is 34.5 Å². The van der Waals surface area contributed by atoms with Crippen LogP contribution in [0.2, 0.25) is 0 Å². The molecular weight excluding hydrogens is 398 g/mol. The van der Waals surface area contributed by atoms with Gasteiger partial charge in [-0.3, -0.25) is 14.6 Å². The number of Topliss-reactive ketones (excluding diaryl/α,β-unsaturated/α-hetero) is 1. The molecule has 1 unspecified atom stereocenters. The maximum absolute atomic E-state index is 13.1. The summed E-state index contributed by atoms with van der Waals surface area (Å²) in [6, 6.07) is 5.56. The molecule has 1 heterocycles. The highest BCUT2D eigenvalue weighted by Gasteiger charge is 2.43. The highest BCUT2D eigenvalue weighted by atomic mass is 16.6. The maximum atomic E-state index is 13.1. The zero-order chi connectivity index (χ0) is 22.4. The van der Waals surface area contributed by atoms with Crippen molar-refractivity contribution in [2.24, 2.45) is 10.9 Å². The second kappa shape index (κ2) is 10.6. The van der Waals surface area contributed by atoms with E-state index in [2.05, 4.69) is 4.99 Å². The number of carbonyl (C=O) groups is 2. The Labute approximate surface area is 183 Å². The number of ether oxygens (including phenoxy) is 4. The highest BCUT2D eigenvalue weighted by Crippen LogP contribution is 2.45. The molecule has 7 heteroatoms. The number of aliphatic imine (C=N–C) groups is 1. The lowest BCUT2D eigenvalue weighted by atomic mass is 9.71. The minimum Gasteiger partial charge on any atom is -0.493 e. The molecule has 31 heavy (non-hydrogen) atoms.